The van der Waals surface area contributed by atoms with Crippen molar-refractivity contribution in [3.8, 4) is 0 Å². The van der Waals surface area contributed by atoms with Crippen LogP contribution in [0.5, 0.6) is 0 Å². The Morgan fingerprint density at radius 2 is 1.75 bits per heavy atom. The Morgan fingerprint density at radius 1 is 0.969 bits per heavy atom. The van der Waals surface area contributed by atoms with Gasteiger partial charge in [0.1, 0.15) is 5.82 Å². The van der Waals surface area contributed by atoms with Crippen LogP contribution in [0.1, 0.15) is 24.2 Å². The minimum atomic E-state index is 0.187. The molecule has 5 rings (SSSR count). The van der Waals surface area contributed by atoms with E-state index in [0.29, 0.717) is 18.1 Å². The molecule has 1 fully saturated rings. The fraction of sp³-hybridized carbons (Fsp3) is 0.304. The molecule has 9 heteroatoms. The highest BCUT2D eigenvalue weighted by atomic mass is 32.2. The van der Waals surface area contributed by atoms with Crippen LogP contribution in [0.3, 0.4) is 0 Å². The molecule has 3 heterocycles. The van der Waals surface area contributed by atoms with E-state index in [-0.39, 0.29) is 5.91 Å². The molecular formula is C23H23N5OS3. The van der Waals surface area contributed by atoms with Crippen molar-refractivity contribution < 1.29 is 4.79 Å². The van der Waals surface area contributed by atoms with E-state index in [4.69, 9.17) is 4.98 Å². The van der Waals surface area contributed by atoms with Crippen LogP contribution in [0, 0.1) is 0 Å². The summed E-state index contributed by atoms with van der Waals surface area (Å²) in [5, 5.41) is 9.71. The summed E-state index contributed by atoms with van der Waals surface area (Å²) in [7, 11) is 0. The quantitative estimate of drug-likeness (QED) is 0.332. The topological polar surface area (TPSA) is 63.9 Å². The minimum Gasteiger partial charge on any atom is -0.342 e. The number of para-hydroxylation sites is 1. The number of carbonyl (C=O) groups excluding carboxylic acids is 1. The lowest BCUT2D eigenvalue weighted by Crippen LogP contribution is -2.29. The van der Waals surface area contributed by atoms with E-state index in [1.165, 1.54) is 22.0 Å². The van der Waals surface area contributed by atoms with Gasteiger partial charge in [0.15, 0.2) is 9.50 Å². The van der Waals surface area contributed by atoms with E-state index >= 15 is 0 Å². The molecule has 0 N–H and O–H groups in total. The Hall–Kier alpha value is -2.36. The van der Waals surface area contributed by atoms with Crippen molar-refractivity contribution in [3.05, 3.63) is 66.0 Å². The molecule has 0 atom stereocenters. The van der Waals surface area contributed by atoms with Gasteiger partial charge in [0.05, 0.1) is 28.3 Å². The van der Waals surface area contributed by atoms with Gasteiger partial charge in [-0.1, -0.05) is 66.0 Å². The van der Waals surface area contributed by atoms with Crippen LogP contribution in [-0.4, -0.2) is 49.4 Å². The maximum atomic E-state index is 12.5. The summed E-state index contributed by atoms with van der Waals surface area (Å²) >= 11 is 4.87. The number of thiazole rings is 1. The number of rotatable bonds is 8. The molecule has 2 aromatic heterocycles. The second-order valence-electron chi connectivity index (χ2n) is 7.58. The lowest BCUT2D eigenvalue weighted by Gasteiger charge is -2.15. The van der Waals surface area contributed by atoms with Crippen LogP contribution >= 0.6 is 34.9 Å². The third-order valence-electron chi connectivity index (χ3n) is 5.36. The van der Waals surface area contributed by atoms with Gasteiger partial charge in [-0.3, -0.25) is 4.79 Å². The largest absolute Gasteiger partial charge is 0.342 e. The molecule has 0 radical (unpaired) electrons. The number of amides is 1. The molecule has 164 valence electrons. The number of likely N-dealkylation sites (tertiary alicyclic amines) is 1. The smallest absolute Gasteiger partial charge is 0.233 e. The number of thioether (sulfide) groups is 2. The average molecular weight is 482 g/mol. The van der Waals surface area contributed by atoms with Gasteiger partial charge in [0, 0.05) is 13.1 Å². The van der Waals surface area contributed by atoms with Crippen molar-refractivity contribution in [2.24, 2.45) is 0 Å². The Bertz CT molecular complexity index is 1170. The number of fused-ring (bicyclic) bond motifs is 1. The van der Waals surface area contributed by atoms with Crippen molar-refractivity contribution in [3.63, 3.8) is 0 Å². The first kappa shape index (κ1) is 21.5. The molecule has 4 aromatic rings. The van der Waals surface area contributed by atoms with Crippen LogP contribution in [0.15, 0.2) is 64.1 Å². The Kier molecular flexibility index (Phi) is 6.75. The zero-order chi connectivity index (χ0) is 21.8. The van der Waals surface area contributed by atoms with Crippen molar-refractivity contribution in [2.75, 3.05) is 18.8 Å². The molecule has 6 nitrogen and oxygen atoms in total. The summed E-state index contributed by atoms with van der Waals surface area (Å²) in [4.78, 5) is 19.2. The monoisotopic (exact) mass is 481 g/mol. The molecule has 1 amide bonds. The van der Waals surface area contributed by atoms with Gasteiger partial charge in [-0.15, -0.1) is 21.5 Å². The van der Waals surface area contributed by atoms with Crippen LogP contribution in [0.4, 0.5) is 0 Å². The van der Waals surface area contributed by atoms with E-state index < -0.39 is 0 Å². The van der Waals surface area contributed by atoms with Crippen molar-refractivity contribution >= 4 is 51.0 Å². The van der Waals surface area contributed by atoms with Gasteiger partial charge >= 0.3 is 0 Å². The molecular weight excluding hydrogens is 458 g/mol. The molecule has 2 aromatic carbocycles. The molecule has 0 unspecified atom stereocenters. The van der Waals surface area contributed by atoms with Crippen LogP contribution in [0.2, 0.25) is 0 Å². The Morgan fingerprint density at radius 3 is 2.56 bits per heavy atom. The molecule has 0 saturated carbocycles. The fourth-order valence-corrected chi connectivity index (χ4v) is 6.55. The van der Waals surface area contributed by atoms with Crippen molar-refractivity contribution in [1.29, 1.82) is 0 Å². The van der Waals surface area contributed by atoms with E-state index in [1.54, 1.807) is 23.1 Å². The third-order valence-corrected chi connectivity index (χ3v) is 8.49. The van der Waals surface area contributed by atoms with Crippen molar-refractivity contribution in [1.82, 2.24) is 24.6 Å². The van der Waals surface area contributed by atoms with E-state index in [0.717, 1.165) is 46.8 Å². The number of hydrogen-bond donors (Lipinski definition) is 0. The second kappa shape index (κ2) is 10.1. The predicted octanol–water partition coefficient (Wildman–Crippen LogP) is 4.94. The Labute approximate surface area is 199 Å². The molecule has 0 spiro atoms. The number of aromatic nitrogens is 4. The lowest BCUT2D eigenvalue weighted by molar-refractivity contribution is -0.127. The molecule has 32 heavy (non-hydrogen) atoms. The maximum Gasteiger partial charge on any atom is 0.233 e. The van der Waals surface area contributed by atoms with Crippen LogP contribution < -0.4 is 0 Å². The molecule has 1 aliphatic rings. The Balaban J connectivity index is 1.32. The lowest BCUT2D eigenvalue weighted by atomic mass is 10.2. The van der Waals surface area contributed by atoms with Gasteiger partial charge in [0.2, 0.25) is 5.91 Å². The predicted molar refractivity (Wildman–Crippen MR) is 131 cm³/mol. The van der Waals surface area contributed by atoms with Gasteiger partial charge in [-0.25, -0.2) is 4.98 Å². The molecule has 0 bridgehead atoms. The van der Waals surface area contributed by atoms with Gasteiger partial charge in [-0.2, -0.15) is 0 Å². The zero-order valence-corrected chi connectivity index (χ0v) is 20.0. The van der Waals surface area contributed by atoms with E-state index in [2.05, 4.69) is 33.0 Å². The van der Waals surface area contributed by atoms with Crippen molar-refractivity contribution in [2.45, 2.75) is 34.6 Å². The second-order valence-corrected chi connectivity index (χ2v) is 10.8. The number of hydrogen-bond acceptors (Lipinski definition) is 7. The summed E-state index contributed by atoms with van der Waals surface area (Å²) in [5.41, 5.74) is 2.22. The highest BCUT2D eigenvalue weighted by Crippen LogP contribution is 2.32. The standard InChI is InChI=1S/C23H23N5OS3/c29-21(27-12-6-7-13-27)16-30-22-26-25-20(28(22)14-17-8-2-1-3-9-17)15-31-23-24-18-10-4-5-11-19(18)32-23/h1-5,8-11H,6-7,12-16H2. The first-order valence-corrected chi connectivity index (χ1v) is 13.4. The third kappa shape index (κ3) is 5.00. The molecule has 1 saturated heterocycles. The van der Waals surface area contributed by atoms with E-state index in [1.807, 2.05) is 41.3 Å². The molecule has 0 aliphatic carbocycles. The highest BCUT2D eigenvalue weighted by molar-refractivity contribution is 8.00. The summed E-state index contributed by atoms with van der Waals surface area (Å²) in [6.45, 7) is 2.43. The maximum absolute atomic E-state index is 12.5. The van der Waals surface area contributed by atoms with Gasteiger partial charge in [-0.05, 0) is 30.5 Å². The average Bonchev–Trinajstić information content (AvgIpc) is 3.57. The van der Waals surface area contributed by atoms with Gasteiger partial charge < -0.3 is 9.47 Å². The first-order valence-electron chi connectivity index (χ1n) is 10.6. The SMILES string of the molecule is O=C(CSc1nnc(CSc2nc3ccccc3s2)n1Cc1ccccc1)N1CCCC1. The summed E-state index contributed by atoms with van der Waals surface area (Å²) in [5.74, 6) is 2.17. The number of benzene rings is 2. The normalized spacial score (nSPS) is 13.8. The summed E-state index contributed by atoms with van der Waals surface area (Å²) in [6.07, 6.45) is 2.21. The zero-order valence-electron chi connectivity index (χ0n) is 17.5. The summed E-state index contributed by atoms with van der Waals surface area (Å²) < 4.78 is 4.36. The number of carbonyl (C=O) groups is 1. The van der Waals surface area contributed by atoms with E-state index in [9.17, 15) is 4.79 Å². The summed E-state index contributed by atoms with van der Waals surface area (Å²) in [6, 6.07) is 18.5. The number of nitrogens with zero attached hydrogens (tertiary/aromatic N) is 5. The highest BCUT2D eigenvalue weighted by Gasteiger charge is 2.20. The fourth-order valence-electron chi connectivity index (χ4n) is 3.68. The molecule has 1 aliphatic heterocycles. The van der Waals surface area contributed by atoms with Crippen LogP contribution in [0.25, 0.3) is 10.2 Å². The minimum absolute atomic E-state index is 0.187. The first-order chi connectivity index (χ1) is 15.8. The van der Waals surface area contributed by atoms with Gasteiger partial charge in [0.25, 0.3) is 0 Å². The van der Waals surface area contributed by atoms with Crippen LogP contribution in [-0.2, 0) is 17.1 Å².